The highest BCUT2D eigenvalue weighted by Gasteiger charge is 2.29. The number of aliphatic carboxylic acids is 1. The molecule has 1 N–H and O–H groups in total. The first-order valence-corrected chi connectivity index (χ1v) is 7.29. The number of hydrogen-bond acceptors (Lipinski definition) is 3. The number of para-hydroxylation sites is 1. The summed E-state index contributed by atoms with van der Waals surface area (Å²) >= 11 is 0. The topological polar surface area (TPSA) is 49.8 Å². The molecular weight excluding hydrogens is 254 g/mol. The molecule has 0 spiro atoms. The first-order chi connectivity index (χ1) is 9.61. The minimum absolute atomic E-state index is 0.261. The van der Waals surface area contributed by atoms with Crippen molar-refractivity contribution in [2.24, 2.45) is 5.92 Å². The lowest BCUT2D eigenvalue weighted by Gasteiger charge is -2.26. The van der Waals surface area contributed by atoms with Gasteiger partial charge >= 0.3 is 5.97 Å². The molecular formula is C16H23NO3. The van der Waals surface area contributed by atoms with Gasteiger partial charge in [0.15, 0.2) is 0 Å². The molecule has 0 aliphatic carbocycles. The maximum atomic E-state index is 10.8. The molecule has 1 saturated heterocycles. The lowest BCUT2D eigenvalue weighted by atomic mass is 10.0. The minimum atomic E-state index is -0.695. The van der Waals surface area contributed by atoms with Gasteiger partial charge in [-0.15, -0.1) is 0 Å². The standard InChI is InChI=1S/C16H23NO3/c1-3-20-15-7-5-4-6-14(15)12(2)17-9-8-13(11-17)10-16(18)19/h4-7,12-13H,3,8-11H2,1-2H3,(H,18,19). The van der Waals surface area contributed by atoms with Crippen LogP contribution in [-0.4, -0.2) is 35.7 Å². The largest absolute Gasteiger partial charge is 0.494 e. The molecule has 1 heterocycles. The SMILES string of the molecule is CCOc1ccccc1C(C)N1CCC(CC(=O)O)C1. The Morgan fingerprint density at radius 3 is 2.95 bits per heavy atom. The quantitative estimate of drug-likeness (QED) is 0.868. The predicted molar refractivity (Wildman–Crippen MR) is 78.0 cm³/mol. The van der Waals surface area contributed by atoms with Crippen molar-refractivity contribution in [2.75, 3.05) is 19.7 Å². The van der Waals surface area contributed by atoms with E-state index in [4.69, 9.17) is 9.84 Å². The monoisotopic (exact) mass is 277 g/mol. The molecule has 0 saturated carbocycles. The number of carbonyl (C=O) groups is 1. The third-order valence-electron chi connectivity index (χ3n) is 4.00. The fourth-order valence-corrected chi connectivity index (χ4v) is 2.94. The number of rotatable bonds is 6. The third kappa shape index (κ3) is 3.51. The normalized spacial score (nSPS) is 20.8. The van der Waals surface area contributed by atoms with Gasteiger partial charge in [-0.25, -0.2) is 0 Å². The van der Waals surface area contributed by atoms with E-state index in [-0.39, 0.29) is 18.4 Å². The number of benzene rings is 1. The fourth-order valence-electron chi connectivity index (χ4n) is 2.94. The Bertz CT molecular complexity index is 461. The van der Waals surface area contributed by atoms with E-state index in [0.717, 1.165) is 25.3 Å². The molecule has 4 heteroatoms. The highest BCUT2D eigenvalue weighted by atomic mass is 16.5. The van der Waals surface area contributed by atoms with E-state index >= 15 is 0 Å². The van der Waals surface area contributed by atoms with Crippen molar-refractivity contribution in [3.8, 4) is 5.75 Å². The van der Waals surface area contributed by atoms with Crippen LogP contribution in [0.25, 0.3) is 0 Å². The summed E-state index contributed by atoms with van der Waals surface area (Å²) in [5.41, 5.74) is 1.19. The van der Waals surface area contributed by atoms with E-state index in [0.29, 0.717) is 6.61 Å². The maximum absolute atomic E-state index is 10.8. The summed E-state index contributed by atoms with van der Waals surface area (Å²) in [4.78, 5) is 13.2. The van der Waals surface area contributed by atoms with Crippen LogP contribution in [0.15, 0.2) is 24.3 Å². The zero-order valence-electron chi connectivity index (χ0n) is 12.2. The molecule has 0 amide bonds. The van der Waals surface area contributed by atoms with Crippen LogP contribution < -0.4 is 4.74 Å². The summed E-state index contributed by atoms with van der Waals surface area (Å²) in [5, 5.41) is 8.89. The Balaban J connectivity index is 2.05. The van der Waals surface area contributed by atoms with Gasteiger partial charge in [0.2, 0.25) is 0 Å². The second-order valence-electron chi connectivity index (χ2n) is 5.39. The summed E-state index contributed by atoms with van der Waals surface area (Å²) in [6.07, 6.45) is 1.24. The van der Waals surface area contributed by atoms with Gasteiger partial charge in [0.05, 0.1) is 6.61 Å². The number of hydrogen-bond donors (Lipinski definition) is 1. The van der Waals surface area contributed by atoms with Gasteiger partial charge in [-0.05, 0) is 38.8 Å². The van der Waals surface area contributed by atoms with Gasteiger partial charge in [0, 0.05) is 24.6 Å². The van der Waals surface area contributed by atoms with Crippen molar-refractivity contribution in [2.45, 2.75) is 32.7 Å². The van der Waals surface area contributed by atoms with E-state index in [1.807, 2.05) is 25.1 Å². The number of ether oxygens (including phenoxy) is 1. The van der Waals surface area contributed by atoms with E-state index in [1.54, 1.807) is 0 Å². The molecule has 2 unspecified atom stereocenters. The van der Waals surface area contributed by atoms with Gasteiger partial charge in [0.1, 0.15) is 5.75 Å². The van der Waals surface area contributed by atoms with Crippen LogP contribution in [-0.2, 0) is 4.79 Å². The fraction of sp³-hybridized carbons (Fsp3) is 0.562. The van der Waals surface area contributed by atoms with Crippen molar-refractivity contribution in [3.63, 3.8) is 0 Å². The van der Waals surface area contributed by atoms with Crippen LogP contribution >= 0.6 is 0 Å². The highest BCUT2D eigenvalue weighted by Crippen LogP contribution is 2.33. The van der Waals surface area contributed by atoms with Gasteiger partial charge in [-0.2, -0.15) is 0 Å². The molecule has 20 heavy (non-hydrogen) atoms. The molecule has 1 aliphatic heterocycles. The van der Waals surface area contributed by atoms with Crippen LogP contribution in [0.3, 0.4) is 0 Å². The number of nitrogens with zero attached hydrogens (tertiary/aromatic N) is 1. The molecule has 0 aromatic heterocycles. The van der Waals surface area contributed by atoms with Gasteiger partial charge in [-0.3, -0.25) is 9.69 Å². The molecule has 2 atom stereocenters. The Kier molecular flexibility index (Phi) is 5.01. The Hall–Kier alpha value is -1.55. The summed E-state index contributed by atoms with van der Waals surface area (Å²) < 4.78 is 5.69. The summed E-state index contributed by atoms with van der Waals surface area (Å²) in [7, 11) is 0. The second kappa shape index (κ2) is 6.75. The average molecular weight is 277 g/mol. The molecule has 0 bridgehead atoms. The van der Waals surface area contributed by atoms with Crippen LogP contribution in [0.1, 0.15) is 38.3 Å². The zero-order valence-corrected chi connectivity index (χ0v) is 12.2. The molecule has 1 aromatic rings. The van der Waals surface area contributed by atoms with Crippen molar-refractivity contribution < 1.29 is 14.6 Å². The number of carboxylic acid groups (broad SMARTS) is 1. The van der Waals surface area contributed by atoms with Crippen molar-refractivity contribution in [1.29, 1.82) is 0 Å². The van der Waals surface area contributed by atoms with Crippen LogP contribution in [0.4, 0.5) is 0 Å². The van der Waals surface area contributed by atoms with Crippen molar-refractivity contribution >= 4 is 5.97 Å². The molecule has 110 valence electrons. The Labute approximate surface area is 120 Å². The second-order valence-corrected chi connectivity index (χ2v) is 5.39. The Morgan fingerprint density at radius 2 is 2.25 bits per heavy atom. The Morgan fingerprint density at radius 1 is 1.50 bits per heavy atom. The molecule has 1 aromatic carbocycles. The maximum Gasteiger partial charge on any atom is 0.303 e. The molecule has 1 fully saturated rings. The van der Waals surface area contributed by atoms with E-state index in [2.05, 4.69) is 17.9 Å². The van der Waals surface area contributed by atoms with Gasteiger partial charge in [-0.1, -0.05) is 18.2 Å². The first-order valence-electron chi connectivity index (χ1n) is 7.29. The van der Waals surface area contributed by atoms with E-state index < -0.39 is 5.97 Å². The zero-order chi connectivity index (χ0) is 14.5. The van der Waals surface area contributed by atoms with Crippen molar-refractivity contribution in [1.82, 2.24) is 4.90 Å². The molecule has 0 radical (unpaired) electrons. The number of likely N-dealkylation sites (tertiary alicyclic amines) is 1. The minimum Gasteiger partial charge on any atom is -0.494 e. The third-order valence-corrected chi connectivity index (χ3v) is 4.00. The van der Waals surface area contributed by atoms with E-state index in [9.17, 15) is 4.79 Å². The number of carboxylic acids is 1. The summed E-state index contributed by atoms with van der Waals surface area (Å²) in [5.74, 6) is 0.512. The first kappa shape index (κ1) is 14.9. The molecule has 2 rings (SSSR count). The van der Waals surface area contributed by atoms with Crippen LogP contribution in [0.2, 0.25) is 0 Å². The highest BCUT2D eigenvalue weighted by molar-refractivity contribution is 5.67. The molecule has 4 nitrogen and oxygen atoms in total. The summed E-state index contributed by atoms with van der Waals surface area (Å²) in [6.45, 7) is 6.63. The predicted octanol–water partition coefficient (Wildman–Crippen LogP) is 2.94. The van der Waals surface area contributed by atoms with Crippen LogP contribution in [0.5, 0.6) is 5.75 Å². The van der Waals surface area contributed by atoms with Gasteiger partial charge < -0.3 is 9.84 Å². The van der Waals surface area contributed by atoms with Crippen LogP contribution in [0, 0.1) is 5.92 Å². The molecule has 1 aliphatic rings. The van der Waals surface area contributed by atoms with Crippen molar-refractivity contribution in [3.05, 3.63) is 29.8 Å². The van der Waals surface area contributed by atoms with E-state index in [1.165, 1.54) is 5.56 Å². The lowest BCUT2D eigenvalue weighted by molar-refractivity contribution is -0.138. The average Bonchev–Trinajstić information content (AvgIpc) is 2.86. The lowest BCUT2D eigenvalue weighted by Crippen LogP contribution is -2.25. The van der Waals surface area contributed by atoms with Gasteiger partial charge in [0.25, 0.3) is 0 Å². The summed E-state index contributed by atoms with van der Waals surface area (Å²) in [6, 6.07) is 8.37. The smallest absolute Gasteiger partial charge is 0.303 e.